The Morgan fingerprint density at radius 3 is 2.82 bits per heavy atom. The highest BCUT2D eigenvalue weighted by molar-refractivity contribution is 5.98. The van der Waals surface area contributed by atoms with Crippen LogP contribution in [-0.2, 0) is 0 Å². The summed E-state index contributed by atoms with van der Waals surface area (Å²) in [5, 5.41) is 19.2. The zero-order valence-corrected chi connectivity index (χ0v) is 12.3. The molecule has 2 aromatic rings. The molecular weight excluding hydrogens is 282 g/mol. The molecule has 114 valence electrons. The van der Waals surface area contributed by atoms with Gasteiger partial charge in [0.05, 0.1) is 6.10 Å². The second kappa shape index (κ2) is 5.70. The molecule has 1 fully saturated rings. The normalized spacial score (nSPS) is 18.2. The molecule has 0 bridgehead atoms. The highest BCUT2D eigenvalue weighted by atomic mass is 16.4. The first-order valence-corrected chi connectivity index (χ1v) is 7.26. The van der Waals surface area contributed by atoms with Gasteiger partial charge >= 0.3 is 0 Å². The average Bonchev–Trinajstić information content (AvgIpc) is 3.13. The molecule has 6 heteroatoms. The second-order valence-corrected chi connectivity index (χ2v) is 5.46. The van der Waals surface area contributed by atoms with E-state index in [2.05, 4.69) is 6.07 Å². The number of carbonyl (C=O) groups is 1. The summed E-state index contributed by atoms with van der Waals surface area (Å²) in [4.78, 5) is 14.3. The molecule has 0 radical (unpaired) electrons. The second-order valence-electron chi connectivity index (χ2n) is 5.46. The van der Waals surface area contributed by atoms with Crippen molar-refractivity contribution in [1.82, 2.24) is 9.47 Å². The molecule has 1 aliphatic heterocycles. The number of nitrogens with zero attached hydrogens (tertiary/aromatic N) is 3. The number of likely N-dealkylation sites (tertiary alicyclic amines) is 1. The molecule has 1 atom stereocenters. The molecule has 1 unspecified atom stereocenters. The van der Waals surface area contributed by atoms with Crippen molar-refractivity contribution in [2.75, 3.05) is 13.1 Å². The third-order valence-corrected chi connectivity index (χ3v) is 3.91. The van der Waals surface area contributed by atoms with Crippen molar-refractivity contribution in [3.63, 3.8) is 0 Å². The van der Waals surface area contributed by atoms with E-state index >= 15 is 0 Å². The maximum absolute atomic E-state index is 12.7. The summed E-state index contributed by atoms with van der Waals surface area (Å²) in [7, 11) is 0. The van der Waals surface area contributed by atoms with Gasteiger partial charge in [-0.05, 0) is 31.9 Å². The van der Waals surface area contributed by atoms with Crippen LogP contribution in [0.25, 0.3) is 5.88 Å². The minimum absolute atomic E-state index is 0.235. The van der Waals surface area contributed by atoms with Crippen LogP contribution in [-0.4, -0.2) is 39.7 Å². The number of hydrogen-bond donors (Lipinski definition) is 1. The minimum atomic E-state index is -0.501. The van der Waals surface area contributed by atoms with Crippen LogP contribution in [0.2, 0.25) is 0 Å². The number of aryl methyl sites for hydroxylation is 1. The first-order chi connectivity index (χ1) is 10.6. The van der Waals surface area contributed by atoms with Crippen molar-refractivity contribution in [3.8, 4) is 12.0 Å². The molecule has 0 aromatic carbocycles. The first-order valence-electron chi connectivity index (χ1n) is 7.26. The third-order valence-electron chi connectivity index (χ3n) is 3.91. The number of aromatic nitrogens is 1. The number of carbonyl (C=O) groups excluding carboxylic acids is 1. The highest BCUT2D eigenvalue weighted by Crippen LogP contribution is 2.27. The van der Waals surface area contributed by atoms with E-state index in [1.54, 1.807) is 28.8 Å². The fourth-order valence-electron chi connectivity index (χ4n) is 2.84. The Kier molecular flexibility index (Phi) is 3.73. The number of amides is 1. The standard InChI is InChI=1S/C16H17N3O3/c1-11-14(15(21)19-8-4-5-12(20)10-19)13(9-17)16(22-11)18-6-2-3-7-18/h2-3,6-7,12,20H,4-5,8,10H2,1H3. The molecule has 1 N–H and O–H groups in total. The largest absolute Gasteiger partial charge is 0.443 e. The highest BCUT2D eigenvalue weighted by Gasteiger charge is 2.30. The van der Waals surface area contributed by atoms with E-state index in [9.17, 15) is 15.2 Å². The van der Waals surface area contributed by atoms with Crippen LogP contribution >= 0.6 is 0 Å². The Morgan fingerprint density at radius 2 is 2.18 bits per heavy atom. The molecule has 6 nitrogen and oxygen atoms in total. The van der Waals surface area contributed by atoms with Gasteiger partial charge in [0.2, 0.25) is 5.88 Å². The van der Waals surface area contributed by atoms with Crippen LogP contribution in [0.15, 0.2) is 28.9 Å². The number of hydrogen-bond acceptors (Lipinski definition) is 4. The smallest absolute Gasteiger partial charge is 0.258 e. The molecule has 0 saturated carbocycles. The van der Waals surface area contributed by atoms with Gasteiger partial charge in [-0.1, -0.05) is 0 Å². The topological polar surface area (TPSA) is 82.4 Å². The summed E-state index contributed by atoms with van der Waals surface area (Å²) >= 11 is 0. The molecule has 3 rings (SSSR count). The quantitative estimate of drug-likeness (QED) is 0.917. The molecule has 0 aliphatic carbocycles. The fraction of sp³-hybridized carbons (Fsp3) is 0.375. The Hall–Kier alpha value is -2.52. The molecule has 3 heterocycles. The molecular formula is C16H17N3O3. The number of rotatable bonds is 2. The fourth-order valence-corrected chi connectivity index (χ4v) is 2.84. The zero-order valence-electron chi connectivity index (χ0n) is 12.3. The summed E-state index contributed by atoms with van der Waals surface area (Å²) < 4.78 is 7.32. The van der Waals surface area contributed by atoms with E-state index in [1.165, 1.54) is 0 Å². The van der Waals surface area contributed by atoms with Gasteiger partial charge in [-0.15, -0.1) is 0 Å². The van der Waals surface area contributed by atoms with Gasteiger partial charge in [-0.25, -0.2) is 0 Å². The lowest BCUT2D eigenvalue weighted by atomic mass is 10.1. The van der Waals surface area contributed by atoms with Crippen LogP contribution in [0.3, 0.4) is 0 Å². The SMILES string of the molecule is Cc1oc(-n2cccc2)c(C#N)c1C(=O)N1CCCC(O)C1. The Balaban J connectivity index is 2.00. The number of β-amino-alcohol motifs (C(OH)–C–C–N with tert-alkyl or cyclic N) is 1. The van der Waals surface area contributed by atoms with Crippen LogP contribution in [0.1, 0.15) is 34.5 Å². The minimum Gasteiger partial charge on any atom is -0.443 e. The molecule has 1 saturated heterocycles. The lowest BCUT2D eigenvalue weighted by Crippen LogP contribution is -2.42. The van der Waals surface area contributed by atoms with Crippen LogP contribution < -0.4 is 0 Å². The van der Waals surface area contributed by atoms with Gasteiger partial charge in [0.25, 0.3) is 5.91 Å². The number of aliphatic hydroxyl groups excluding tert-OH is 1. The lowest BCUT2D eigenvalue weighted by molar-refractivity contribution is 0.0472. The number of aliphatic hydroxyl groups is 1. The van der Waals surface area contributed by atoms with Gasteiger partial charge in [0, 0.05) is 25.5 Å². The van der Waals surface area contributed by atoms with E-state index in [-0.39, 0.29) is 11.5 Å². The summed E-state index contributed by atoms with van der Waals surface area (Å²) in [6, 6.07) is 5.72. The van der Waals surface area contributed by atoms with E-state index < -0.39 is 6.10 Å². The van der Waals surface area contributed by atoms with Gasteiger partial charge in [0.1, 0.15) is 23.0 Å². The number of piperidine rings is 1. The van der Waals surface area contributed by atoms with Gasteiger partial charge in [-0.3, -0.25) is 9.36 Å². The van der Waals surface area contributed by atoms with E-state index in [0.29, 0.717) is 36.7 Å². The number of furan rings is 1. The first kappa shape index (κ1) is 14.4. The van der Waals surface area contributed by atoms with Crippen LogP contribution in [0.5, 0.6) is 0 Å². The zero-order chi connectivity index (χ0) is 15.7. The maximum atomic E-state index is 12.7. The summed E-state index contributed by atoms with van der Waals surface area (Å²) in [6.07, 6.45) is 4.49. The molecule has 1 aliphatic rings. The predicted octanol–water partition coefficient (Wildman–Crippen LogP) is 1.85. The maximum Gasteiger partial charge on any atom is 0.258 e. The van der Waals surface area contributed by atoms with Crippen molar-refractivity contribution >= 4 is 5.91 Å². The summed E-state index contributed by atoms with van der Waals surface area (Å²) in [5.74, 6) is 0.520. The van der Waals surface area contributed by atoms with Crippen LogP contribution in [0.4, 0.5) is 0 Å². The molecule has 0 spiro atoms. The van der Waals surface area contributed by atoms with E-state index in [4.69, 9.17) is 4.42 Å². The molecule has 2 aromatic heterocycles. The Labute approximate surface area is 128 Å². The molecule has 22 heavy (non-hydrogen) atoms. The summed E-state index contributed by atoms with van der Waals surface area (Å²) in [5.41, 5.74) is 0.527. The average molecular weight is 299 g/mol. The predicted molar refractivity (Wildman–Crippen MR) is 78.6 cm³/mol. The van der Waals surface area contributed by atoms with Crippen LogP contribution in [0, 0.1) is 18.3 Å². The van der Waals surface area contributed by atoms with Gasteiger partial charge in [-0.2, -0.15) is 5.26 Å². The van der Waals surface area contributed by atoms with Crippen molar-refractivity contribution in [2.24, 2.45) is 0 Å². The Morgan fingerprint density at radius 1 is 1.45 bits per heavy atom. The van der Waals surface area contributed by atoms with E-state index in [1.807, 2.05) is 12.1 Å². The van der Waals surface area contributed by atoms with Crippen molar-refractivity contribution in [1.29, 1.82) is 5.26 Å². The van der Waals surface area contributed by atoms with Gasteiger partial charge < -0.3 is 14.4 Å². The van der Waals surface area contributed by atoms with Gasteiger partial charge in [0.15, 0.2) is 0 Å². The lowest BCUT2D eigenvalue weighted by Gasteiger charge is -2.30. The third kappa shape index (κ3) is 2.40. The number of nitriles is 1. The Bertz CT molecular complexity index is 725. The van der Waals surface area contributed by atoms with Crippen molar-refractivity contribution in [2.45, 2.75) is 25.9 Å². The van der Waals surface area contributed by atoms with Crippen molar-refractivity contribution < 1.29 is 14.3 Å². The van der Waals surface area contributed by atoms with Crippen molar-refractivity contribution in [3.05, 3.63) is 41.4 Å². The summed E-state index contributed by atoms with van der Waals surface area (Å²) in [6.45, 7) is 2.57. The van der Waals surface area contributed by atoms with E-state index in [0.717, 1.165) is 6.42 Å². The monoisotopic (exact) mass is 299 g/mol. The molecule has 1 amide bonds.